The van der Waals surface area contributed by atoms with Crippen LogP contribution in [-0.4, -0.2) is 28.3 Å². The van der Waals surface area contributed by atoms with Crippen LogP contribution in [-0.2, 0) is 17.9 Å². The fourth-order valence-corrected chi connectivity index (χ4v) is 1.10. The number of amides is 1. The van der Waals surface area contributed by atoms with E-state index in [0.29, 0.717) is 5.56 Å². The van der Waals surface area contributed by atoms with Crippen LogP contribution in [0.25, 0.3) is 0 Å². The molecule has 0 aliphatic rings. The first kappa shape index (κ1) is 12.6. The highest BCUT2D eigenvalue weighted by atomic mass is 19.4. The summed E-state index contributed by atoms with van der Waals surface area (Å²) < 4.78 is 36.7. The summed E-state index contributed by atoms with van der Waals surface area (Å²) in [6.07, 6.45) is -1.39. The van der Waals surface area contributed by atoms with Gasteiger partial charge in [-0.1, -0.05) is 0 Å². The zero-order valence-corrected chi connectivity index (χ0v) is 8.29. The van der Waals surface area contributed by atoms with Gasteiger partial charge in [-0.05, 0) is 11.6 Å². The zero-order valence-electron chi connectivity index (χ0n) is 8.29. The number of hydrogen-bond acceptors (Lipinski definition) is 2. The van der Waals surface area contributed by atoms with E-state index in [-0.39, 0.29) is 13.2 Å². The third kappa shape index (κ3) is 4.35. The van der Waals surface area contributed by atoms with Gasteiger partial charge in [0.05, 0.1) is 6.61 Å². The number of carbonyl (C=O) groups is 1. The van der Waals surface area contributed by atoms with Crippen LogP contribution in [0.3, 0.4) is 0 Å². The smallest absolute Gasteiger partial charge is 0.392 e. The predicted octanol–water partition coefficient (Wildman–Crippen LogP) is 0.659. The van der Waals surface area contributed by atoms with Gasteiger partial charge in [-0.2, -0.15) is 13.2 Å². The molecule has 0 radical (unpaired) electrons. The largest absolute Gasteiger partial charge is 0.405 e. The highest BCUT2D eigenvalue weighted by molar-refractivity contribution is 5.75. The number of nitrogens with one attached hydrogen (secondary N) is 1. The molecule has 0 aliphatic carbocycles. The molecule has 0 unspecified atom stereocenters. The Hall–Kier alpha value is -1.50. The fraction of sp³-hybridized carbons (Fsp3) is 0.444. The molecule has 4 nitrogen and oxygen atoms in total. The first-order valence-electron chi connectivity index (χ1n) is 4.49. The standard InChI is InChI=1S/C9H11F3N2O2/c10-9(11,12)6-13-8(16)4-14-2-1-7(3-14)5-15/h1-3,15H,4-6H2,(H,13,16). The van der Waals surface area contributed by atoms with E-state index in [0.717, 1.165) is 0 Å². The van der Waals surface area contributed by atoms with Crippen LogP contribution in [0.2, 0.25) is 0 Å². The van der Waals surface area contributed by atoms with Crippen molar-refractivity contribution in [3.63, 3.8) is 0 Å². The summed E-state index contributed by atoms with van der Waals surface area (Å²) in [5.74, 6) is -0.725. The molecule has 1 rings (SSSR count). The quantitative estimate of drug-likeness (QED) is 0.806. The lowest BCUT2D eigenvalue weighted by atomic mass is 10.4. The van der Waals surface area contributed by atoms with Crippen molar-refractivity contribution < 1.29 is 23.1 Å². The molecule has 0 aromatic carbocycles. The number of nitrogens with zero attached hydrogens (tertiary/aromatic N) is 1. The molecular formula is C9H11F3N2O2. The van der Waals surface area contributed by atoms with Gasteiger partial charge in [-0.25, -0.2) is 0 Å². The maximum atomic E-state index is 11.8. The van der Waals surface area contributed by atoms with E-state index in [1.54, 1.807) is 11.4 Å². The Morgan fingerprint density at radius 1 is 1.50 bits per heavy atom. The van der Waals surface area contributed by atoms with Crippen LogP contribution >= 0.6 is 0 Å². The molecule has 0 saturated heterocycles. The van der Waals surface area contributed by atoms with Crippen molar-refractivity contribution in [1.82, 2.24) is 9.88 Å². The highest BCUT2D eigenvalue weighted by Gasteiger charge is 2.27. The molecule has 0 saturated carbocycles. The Balaban J connectivity index is 2.40. The lowest BCUT2D eigenvalue weighted by Crippen LogP contribution is -2.35. The number of alkyl halides is 3. The van der Waals surface area contributed by atoms with Gasteiger partial charge in [0.15, 0.2) is 0 Å². The molecular weight excluding hydrogens is 225 g/mol. The molecule has 0 spiro atoms. The Morgan fingerprint density at radius 2 is 2.19 bits per heavy atom. The molecule has 90 valence electrons. The van der Waals surface area contributed by atoms with E-state index in [1.165, 1.54) is 17.0 Å². The molecule has 0 fully saturated rings. The second-order valence-corrected chi connectivity index (χ2v) is 3.24. The molecule has 0 atom stereocenters. The average molecular weight is 236 g/mol. The van der Waals surface area contributed by atoms with Crippen LogP contribution in [0, 0.1) is 0 Å². The van der Waals surface area contributed by atoms with E-state index in [2.05, 4.69) is 0 Å². The molecule has 1 amide bonds. The Labute approximate surface area is 89.7 Å². The summed E-state index contributed by atoms with van der Waals surface area (Å²) in [7, 11) is 0. The van der Waals surface area contributed by atoms with Crippen molar-refractivity contribution >= 4 is 5.91 Å². The van der Waals surface area contributed by atoms with Crippen molar-refractivity contribution in [2.45, 2.75) is 19.3 Å². The average Bonchev–Trinajstić information content (AvgIpc) is 2.61. The van der Waals surface area contributed by atoms with Crippen LogP contribution in [0.4, 0.5) is 13.2 Å². The minimum atomic E-state index is -4.40. The van der Waals surface area contributed by atoms with E-state index in [1.807, 2.05) is 0 Å². The molecule has 7 heteroatoms. The SMILES string of the molecule is O=C(Cn1ccc(CO)c1)NCC(F)(F)F. The van der Waals surface area contributed by atoms with Gasteiger partial charge in [0.25, 0.3) is 0 Å². The molecule has 1 aromatic rings. The number of halogens is 3. The van der Waals surface area contributed by atoms with Gasteiger partial charge in [-0.15, -0.1) is 0 Å². The van der Waals surface area contributed by atoms with Crippen molar-refractivity contribution in [2.24, 2.45) is 0 Å². The normalized spacial score (nSPS) is 11.5. The maximum absolute atomic E-state index is 11.8. The Morgan fingerprint density at radius 3 is 2.69 bits per heavy atom. The minimum Gasteiger partial charge on any atom is -0.392 e. The zero-order chi connectivity index (χ0) is 12.2. The lowest BCUT2D eigenvalue weighted by molar-refractivity contribution is -0.138. The molecule has 0 bridgehead atoms. The van der Waals surface area contributed by atoms with Gasteiger partial charge >= 0.3 is 6.18 Å². The monoisotopic (exact) mass is 236 g/mol. The number of hydrogen-bond donors (Lipinski definition) is 2. The maximum Gasteiger partial charge on any atom is 0.405 e. The first-order valence-corrected chi connectivity index (χ1v) is 4.49. The van der Waals surface area contributed by atoms with Crippen molar-refractivity contribution in [1.29, 1.82) is 0 Å². The summed E-state index contributed by atoms with van der Waals surface area (Å²) in [6.45, 7) is -1.70. The minimum absolute atomic E-state index is 0.169. The molecule has 16 heavy (non-hydrogen) atoms. The Kier molecular flexibility index (Phi) is 3.94. The fourth-order valence-electron chi connectivity index (χ4n) is 1.10. The van der Waals surface area contributed by atoms with Gasteiger partial charge in [0, 0.05) is 12.4 Å². The van der Waals surface area contributed by atoms with Crippen molar-refractivity contribution in [2.75, 3.05) is 6.54 Å². The highest BCUT2D eigenvalue weighted by Crippen LogP contribution is 2.12. The number of rotatable bonds is 4. The van der Waals surface area contributed by atoms with E-state index in [9.17, 15) is 18.0 Å². The lowest BCUT2D eigenvalue weighted by Gasteiger charge is -2.08. The number of aliphatic hydroxyl groups is 1. The van der Waals surface area contributed by atoms with Crippen LogP contribution < -0.4 is 5.32 Å². The van der Waals surface area contributed by atoms with Crippen LogP contribution in [0.5, 0.6) is 0 Å². The van der Waals surface area contributed by atoms with Gasteiger partial charge < -0.3 is 15.0 Å². The van der Waals surface area contributed by atoms with Crippen LogP contribution in [0.15, 0.2) is 18.5 Å². The number of aromatic nitrogens is 1. The van der Waals surface area contributed by atoms with E-state index >= 15 is 0 Å². The molecule has 2 N–H and O–H groups in total. The van der Waals surface area contributed by atoms with E-state index in [4.69, 9.17) is 5.11 Å². The predicted molar refractivity (Wildman–Crippen MR) is 49.4 cm³/mol. The Bertz CT molecular complexity index is 360. The summed E-state index contributed by atoms with van der Waals surface area (Å²) in [6, 6.07) is 1.58. The summed E-state index contributed by atoms with van der Waals surface area (Å²) >= 11 is 0. The van der Waals surface area contributed by atoms with Gasteiger partial charge in [0.2, 0.25) is 5.91 Å². The van der Waals surface area contributed by atoms with Gasteiger partial charge in [0.1, 0.15) is 13.1 Å². The third-order valence-corrected chi connectivity index (χ3v) is 1.81. The summed E-state index contributed by atoms with van der Waals surface area (Å²) in [4.78, 5) is 11.1. The third-order valence-electron chi connectivity index (χ3n) is 1.81. The van der Waals surface area contributed by atoms with Crippen LogP contribution in [0.1, 0.15) is 5.56 Å². The number of aliphatic hydroxyl groups excluding tert-OH is 1. The van der Waals surface area contributed by atoms with E-state index < -0.39 is 18.6 Å². The molecule has 0 aliphatic heterocycles. The summed E-state index contributed by atoms with van der Waals surface area (Å²) in [5, 5.41) is 10.5. The number of carbonyl (C=O) groups excluding carboxylic acids is 1. The summed E-state index contributed by atoms with van der Waals surface area (Å²) in [5.41, 5.74) is 0.601. The second kappa shape index (κ2) is 5.02. The van der Waals surface area contributed by atoms with Gasteiger partial charge in [-0.3, -0.25) is 4.79 Å². The second-order valence-electron chi connectivity index (χ2n) is 3.24. The molecule has 1 heterocycles. The molecule has 1 aromatic heterocycles. The first-order chi connectivity index (χ1) is 7.40. The van der Waals surface area contributed by atoms with Crippen molar-refractivity contribution in [3.05, 3.63) is 24.0 Å². The van der Waals surface area contributed by atoms with Crippen molar-refractivity contribution in [3.8, 4) is 0 Å². The topological polar surface area (TPSA) is 54.3 Å².